The van der Waals surface area contributed by atoms with Crippen LogP contribution in [0.2, 0.25) is 0 Å². The highest BCUT2D eigenvalue weighted by molar-refractivity contribution is 5.73. The average molecular weight is 439 g/mol. The highest BCUT2D eigenvalue weighted by Crippen LogP contribution is 2.22. The van der Waals surface area contributed by atoms with Gasteiger partial charge in [-0.3, -0.25) is 9.59 Å². The van der Waals surface area contributed by atoms with E-state index in [1.165, 1.54) is 0 Å². The Kier molecular flexibility index (Phi) is 12.2. The Morgan fingerprint density at radius 1 is 0.594 bits per heavy atom. The van der Waals surface area contributed by atoms with Crippen molar-refractivity contribution < 1.29 is 19.1 Å². The fourth-order valence-corrected chi connectivity index (χ4v) is 3.75. The Labute approximate surface area is 193 Å². The standard InChI is InChI=1S/C28H38O4/c1-3-15-23-17-11-13-19-25(23)31-27(29)21-9-7-5-6-8-10-22-28(30)32-26-20-14-12-18-24(26)16-4-2/h11-14,17-20H,3-10,15-16,21-22H2,1-2H3. The van der Waals surface area contributed by atoms with E-state index in [0.717, 1.165) is 75.3 Å². The number of ether oxygens (including phenoxy) is 2. The van der Waals surface area contributed by atoms with Gasteiger partial charge in [-0.2, -0.15) is 0 Å². The van der Waals surface area contributed by atoms with Gasteiger partial charge in [-0.05, 0) is 48.9 Å². The summed E-state index contributed by atoms with van der Waals surface area (Å²) in [5.74, 6) is 1.09. The normalized spacial score (nSPS) is 10.7. The molecule has 0 spiro atoms. The molecule has 174 valence electrons. The Balaban J connectivity index is 1.53. The molecule has 0 atom stereocenters. The van der Waals surface area contributed by atoms with Crippen molar-refractivity contribution in [3.8, 4) is 11.5 Å². The van der Waals surface area contributed by atoms with Gasteiger partial charge in [0, 0.05) is 12.8 Å². The van der Waals surface area contributed by atoms with Gasteiger partial charge in [0.1, 0.15) is 11.5 Å². The van der Waals surface area contributed by atoms with E-state index >= 15 is 0 Å². The summed E-state index contributed by atoms with van der Waals surface area (Å²) in [6.07, 6.45) is 10.6. The Morgan fingerprint density at radius 3 is 1.38 bits per heavy atom. The van der Waals surface area contributed by atoms with Gasteiger partial charge in [-0.25, -0.2) is 0 Å². The minimum absolute atomic E-state index is 0.153. The summed E-state index contributed by atoms with van der Waals surface area (Å²) in [7, 11) is 0. The lowest BCUT2D eigenvalue weighted by Gasteiger charge is -2.09. The number of carbonyl (C=O) groups excluding carboxylic acids is 2. The SMILES string of the molecule is CCCc1ccccc1OC(=O)CCCCCCCCC(=O)Oc1ccccc1CCC. The largest absolute Gasteiger partial charge is 0.426 e. The molecule has 0 aliphatic carbocycles. The van der Waals surface area contributed by atoms with Crippen LogP contribution in [0.1, 0.15) is 89.2 Å². The molecule has 0 fully saturated rings. The number of hydrogen-bond donors (Lipinski definition) is 0. The Bertz CT molecular complexity index is 758. The first-order chi connectivity index (χ1) is 15.6. The van der Waals surface area contributed by atoms with Gasteiger partial charge in [0.25, 0.3) is 0 Å². The van der Waals surface area contributed by atoms with Crippen LogP contribution >= 0.6 is 0 Å². The first-order valence-electron chi connectivity index (χ1n) is 12.2. The van der Waals surface area contributed by atoms with E-state index in [9.17, 15) is 9.59 Å². The zero-order chi connectivity index (χ0) is 23.0. The molecule has 0 aliphatic rings. The van der Waals surface area contributed by atoms with Crippen molar-refractivity contribution in [1.82, 2.24) is 0 Å². The van der Waals surface area contributed by atoms with E-state index in [0.29, 0.717) is 24.3 Å². The molecule has 0 saturated heterocycles. The number of rotatable bonds is 15. The fraction of sp³-hybridized carbons (Fsp3) is 0.500. The Hall–Kier alpha value is -2.62. The minimum Gasteiger partial charge on any atom is -0.426 e. The lowest BCUT2D eigenvalue weighted by molar-refractivity contribution is -0.135. The minimum atomic E-state index is -0.153. The van der Waals surface area contributed by atoms with Crippen LogP contribution < -0.4 is 9.47 Å². The molecule has 0 amide bonds. The molecule has 0 aromatic heterocycles. The number of benzene rings is 2. The van der Waals surface area contributed by atoms with Gasteiger partial charge in [-0.15, -0.1) is 0 Å². The highest BCUT2D eigenvalue weighted by atomic mass is 16.5. The number of hydrogen-bond acceptors (Lipinski definition) is 4. The van der Waals surface area contributed by atoms with Crippen molar-refractivity contribution in [3.05, 3.63) is 59.7 Å². The van der Waals surface area contributed by atoms with Crippen molar-refractivity contribution in [3.63, 3.8) is 0 Å². The molecule has 0 unspecified atom stereocenters. The van der Waals surface area contributed by atoms with Crippen LogP contribution in [0.15, 0.2) is 48.5 Å². The predicted octanol–water partition coefficient (Wildman–Crippen LogP) is 7.22. The maximum Gasteiger partial charge on any atom is 0.311 e. The van der Waals surface area contributed by atoms with Crippen LogP contribution in [0.25, 0.3) is 0 Å². The second-order valence-electron chi connectivity index (χ2n) is 8.28. The van der Waals surface area contributed by atoms with Crippen molar-refractivity contribution in [2.24, 2.45) is 0 Å². The number of para-hydroxylation sites is 2. The first-order valence-corrected chi connectivity index (χ1v) is 12.2. The lowest BCUT2D eigenvalue weighted by Crippen LogP contribution is -2.09. The molecule has 0 aliphatic heterocycles. The van der Waals surface area contributed by atoms with Crippen LogP contribution in [0.5, 0.6) is 11.5 Å². The molecule has 0 radical (unpaired) electrons. The maximum absolute atomic E-state index is 12.1. The quantitative estimate of drug-likeness (QED) is 0.167. The third-order valence-corrected chi connectivity index (χ3v) is 5.44. The third-order valence-electron chi connectivity index (χ3n) is 5.44. The predicted molar refractivity (Wildman–Crippen MR) is 129 cm³/mol. The molecule has 0 N–H and O–H groups in total. The summed E-state index contributed by atoms with van der Waals surface area (Å²) >= 11 is 0. The highest BCUT2D eigenvalue weighted by Gasteiger charge is 2.10. The first kappa shape index (κ1) is 25.6. The lowest BCUT2D eigenvalue weighted by atomic mass is 10.1. The summed E-state index contributed by atoms with van der Waals surface area (Å²) in [5, 5.41) is 0. The summed E-state index contributed by atoms with van der Waals surface area (Å²) in [6.45, 7) is 4.24. The van der Waals surface area contributed by atoms with Gasteiger partial charge in [0.05, 0.1) is 0 Å². The number of esters is 2. The molecule has 2 rings (SSSR count). The summed E-state index contributed by atoms with van der Waals surface area (Å²) < 4.78 is 11.1. The van der Waals surface area contributed by atoms with Crippen LogP contribution in [0.3, 0.4) is 0 Å². The van der Waals surface area contributed by atoms with Crippen LogP contribution in [-0.2, 0) is 22.4 Å². The Morgan fingerprint density at radius 2 is 0.969 bits per heavy atom. The topological polar surface area (TPSA) is 52.6 Å². The van der Waals surface area contributed by atoms with Crippen LogP contribution in [0, 0.1) is 0 Å². The molecule has 0 saturated carbocycles. The monoisotopic (exact) mass is 438 g/mol. The van der Waals surface area contributed by atoms with Crippen molar-refractivity contribution >= 4 is 11.9 Å². The smallest absolute Gasteiger partial charge is 0.311 e. The van der Waals surface area contributed by atoms with Crippen LogP contribution in [0.4, 0.5) is 0 Å². The second-order valence-corrected chi connectivity index (χ2v) is 8.28. The molecule has 2 aromatic carbocycles. The van der Waals surface area contributed by atoms with E-state index < -0.39 is 0 Å². The van der Waals surface area contributed by atoms with Gasteiger partial charge in [0.2, 0.25) is 0 Å². The fourth-order valence-electron chi connectivity index (χ4n) is 3.75. The maximum atomic E-state index is 12.1. The molecule has 32 heavy (non-hydrogen) atoms. The van der Waals surface area contributed by atoms with E-state index in [2.05, 4.69) is 13.8 Å². The molecule has 4 heteroatoms. The molecular weight excluding hydrogens is 400 g/mol. The summed E-state index contributed by atoms with van der Waals surface area (Å²) in [4.78, 5) is 24.2. The summed E-state index contributed by atoms with van der Waals surface area (Å²) in [5.41, 5.74) is 2.19. The van der Waals surface area contributed by atoms with Gasteiger partial charge in [-0.1, -0.05) is 88.8 Å². The van der Waals surface area contributed by atoms with E-state index in [4.69, 9.17) is 9.47 Å². The molecule has 0 heterocycles. The van der Waals surface area contributed by atoms with E-state index in [1.807, 2.05) is 48.5 Å². The van der Waals surface area contributed by atoms with Crippen molar-refractivity contribution in [2.45, 2.75) is 90.9 Å². The molecule has 4 nitrogen and oxygen atoms in total. The average Bonchev–Trinajstić information content (AvgIpc) is 2.78. The molecule has 0 bridgehead atoms. The number of aryl methyl sites for hydroxylation is 2. The van der Waals surface area contributed by atoms with E-state index in [1.54, 1.807) is 0 Å². The van der Waals surface area contributed by atoms with Gasteiger partial charge >= 0.3 is 11.9 Å². The number of unbranched alkanes of at least 4 members (excludes halogenated alkanes) is 5. The molecular formula is C28H38O4. The van der Waals surface area contributed by atoms with E-state index in [-0.39, 0.29) is 11.9 Å². The third kappa shape index (κ3) is 9.67. The van der Waals surface area contributed by atoms with Crippen LogP contribution in [-0.4, -0.2) is 11.9 Å². The van der Waals surface area contributed by atoms with Gasteiger partial charge in [0.15, 0.2) is 0 Å². The molecule has 2 aromatic rings. The number of carbonyl (C=O) groups is 2. The second kappa shape index (κ2) is 15.2. The van der Waals surface area contributed by atoms with Gasteiger partial charge < -0.3 is 9.47 Å². The zero-order valence-corrected chi connectivity index (χ0v) is 19.7. The van der Waals surface area contributed by atoms with Crippen molar-refractivity contribution in [1.29, 1.82) is 0 Å². The zero-order valence-electron chi connectivity index (χ0n) is 19.7. The summed E-state index contributed by atoms with van der Waals surface area (Å²) in [6, 6.07) is 15.5. The van der Waals surface area contributed by atoms with Crippen molar-refractivity contribution in [2.75, 3.05) is 0 Å².